The van der Waals surface area contributed by atoms with Gasteiger partial charge in [0.1, 0.15) is 5.82 Å². The number of carbonyl (C=O) groups excluding carboxylic acids is 2. The Balaban J connectivity index is 1.22. The van der Waals surface area contributed by atoms with E-state index in [1.54, 1.807) is 18.3 Å². The lowest BCUT2D eigenvalue weighted by Crippen LogP contribution is -2.56. The lowest BCUT2D eigenvalue weighted by molar-refractivity contribution is -0.147. The summed E-state index contributed by atoms with van der Waals surface area (Å²) in [6, 6.07) is 3.89. The summed E-state index contributed by atoms with van der Waals surface area (Å²) in [7, 11) is 0. The third-order valence-corrected chi connectivity index (χ3v) is 6.76. The largest absolute Gasteiger partial charge is 0.367 e. The average Bonchev–Trinajstić information content (AvgIpc) is 3.42. The second kappa shape index (κ2) is 5.96. The minimum Gasteiger partial charge on any atom is -0.367 e. The Morgan fingerprint density at radius 1 is 1.00 bits per heavy atom. The topological polar surface area (TPSA) is 83.1 Å². The molecule has 0 unspecified atom stereocenters. The molecule has 1 aromatic heterocycles. The number of nitrogens with one attached hydrogen (secondary N) is 3. The quantitative estimate of drug-likeness (QED) is 0.726. The highest BCUT2D eigenvalue weighted by atomic mass is 16.2. The molecule has 5 aliphatic rings. The molecule has 26 heavy (non-hydrogen) atoms. The van der Waals surface area contributed by atoms with Crippen LogP contribution < -0.4 is 16.2 Å². The molecule has 5 saturated carbocycles. The third kappa shape index (κ3) is 2.95. The molecular weight excluding hydrogens is 328 g/mol. The average molecular weight is 354 g/mol. The van der Waals surface area contributed by atoms with Crippen LogP contribution in [0.3, 0.4) is 0 Å². The lowest BCUT2D eigenvalue weighted by atomic mass is 9.49. The van der Waals surface area contributed by atoms with Crippen LogP contribution in [0.15, 0.2) is 18.3 Å². The van der Waals surface area contributed by atoms with E-state index in [4.69, 9.17) is 0 Å². The molecule has 138 valence electrons. The van der Waals surface area contributed by atoms with Crippen molar-refractivity contribution < 1.29 is 9.59 Å². The molecule has 0 atom stereocenters. The van der Waals surface area contributed by atoms with Gasteiger partial charge in [-0.3, -0.25) is 20.4 Å². The summed E-state index contributed by atoms with van der Waals surface area (Å²) in [6.45, 7) is 0. The smallest absolute Gasteiger partial charge is 0.269 e. The summed E-state index contributed by atoms with van der Waals surface area (Å²) in [5.74, 6) is 2.56. The first-order valence-electron chi connectivity index (χ1n) is 9.93. The van der Waals surface area contributed by atoms with Gasteiger partial charge in [-0.15, -0.1) is 0 Å². The van der Waals surface area contributed by atoms with E-state index in [0.717, 1.165) is 32.1 Å². The highest BCUT2D eigenvalue weighted by Gasteiger charge is 2.54. The van der Waals surface area contributed by atoms with Crippen molar-refractivity contribution in [3.8, 4) is 0 Å². The van der Waals surface area contributed by atoms with E-state index in [9.17, 15) is 9.59 Å². The SMILES string of the molecule is O=C(NNC(=O)C12CC3CC(CC(C3)C1)C2)c1ccnc(NC2CC2)c1. The van der Waals surface area contributed by atoms with Crippen molar-refractivity contribution in [3.63, 3.8) is 0 Å². The van der Waals surface area contributed by atoms with Crippen molar-refractivity contribution in [2.45, 2.75) is 57.4 Å². The molecule has 0 radical (unpaired) electrons. The summed E-state index contributed by atoms with van der Waals surface area (Å²) < 4.78 is 0. The number of anilines is 1. The molecule has 0 aromatic carbocycles. The number of aromatic nitrogens is 1. The normalized spacial score (nSPS) is 34.4. The monoisotopic (exact) mass is 354 g/mol. The zero-order valence-electron chi connectivity index (χ0n) is 15.0. The summed E-state index contributed by atoms with van der Waals surface area (Å²) in [5, 5.41) is 3.29. The number of pyridine rings is 1. The lowest BCUT2D eigenvalue weighted by Gasteiger charge is -2.55. The highest BCUT2D eigenvalue weighted by Crippen LogP contribution is 2.60. The number of hydrazine groups is 1. The molecule has 1 aromatic rings. The molecule has 6 rings (SSSR count). The van der Waals surface area contributed by atoms with Gasteiger partial charge < -0.3 is 5.32 Å². The first kappa shape index (κ1) is 16.1. The van der Waals surface area contributed by atoms with Crippen molar-refractivity contribution >= 4 is 17.6 Å². The van der Waals surface area contributed by atoms with Gasteiger partial charge in [0.2, 0.25) is 5.91 Å². The maximum atomic E-state index is 12.9. The van der Waals surface area contributed by atoms with E-state index < -0.39 is 0 Å². The van der Waals surface area contributed by atoms with Crippen molar-refractivity contribution in [1.82, 2.24) is 15.8 Å². The van der Waals surface area contributed by atoms with Crippen molar-refractivity contribution in [3.05, 3.63) is 23.9 Å². The number of nitrogens with zero attached hydrogens (tertiary/aromatic N) is 1. The Hall–Kier alpha value is -2.11. The maximum Gasteiger partial charge on any atom is 0.269 e. The Morgan fingerprint density at radius 3 is 2.27 bits per heavy atom. The Labute approximate surface area is 153 Å². The van der Waals surface area contributed by atoms with Gasteiger partial charge in [-0.1, -0.05) is 0 Å². The van der Waals surface area contributed by atoms with Crippen LogP contribution in [0.25, 0.3) is 0 Å². The molecule has 0 aliphatic heterocycles. The van der Waals surface area contributed by atoms with Crippen LogP contribution in [0, 0.1) is 23.2 Å². The van der Waals surface area contributed by atoms with E-state index in [2.05, 4.69) is 21.2 Å². The van der Waals surface area contributed by atoms with Crippen LogP contribution in [-0.4, -0.2) is 22.8 Å². The predicted octanol–water partition coefficient (Wildman–Crippen LogP) is 2.63. The van der Waals surface area contributed by atoms with E-state index in [1.807, 2.05) is 0 Å². The maximum absolute atomic E-state index is 12.9. The first-order chi connectivity index (χ1) is 12.6. The van der Waals surface area contributed by atoms with Gasteiger partial charge in [0.15, 0.2) is 0 Å². The fraction of sp³-hybridized carbons (Fsp3) is 0.650. The molecule has 6 heteroatoms. The van der Waals surface area contributed by atoms with Crippen LogP contribution in [0.2, 0.25) is 0 Å². The van der Waals surface area contributed by atoms with E-state index in [-0.39, 0.29) is 17.2 Å². The van der Waals surface area contributed by atoms with Gasteiger partial charge >= 0.3 is 0 Å². The van der Waals surface area contributed by atoms with Crippen molar-refractivity contribution in [2.75, 3.05) is 5.32 Å². The van der Waals surface area contributed by atoms with Gasteiger partial charge in [0, 0.05) is 17.8 Å². The summed E-state index contributed by atoms with van der Waals surface area (Å²) in [6.07, 6.45) is 10.8. The fourth-order valence-corrected chi connectivity index (χ4v) is 5.79. The number of carbonyl (C=O) groups is 2. The van der Waals surface area contributed by atoms with E-state index in [0.29, 0.717) is 35.2 Å². The summed E-state index contributed by atoms with van der Waals surface area (Å²) >= 11 is 0. The zero-order chi connectivity index (χ0) is 17.7. The van der Waals surface area contributed by atoms with Gasteiger partial charge in [0.05, 0.1) is 5.41 Å². The third-order valence-electron chi connectivity index (χ3n) is 6.76. The number of hydrogen-bond donors (Lipinski definition) is 3. The second-order valence-electron chi connectivity index (χ2n) is 8.95. The minimum atomic E-state index is -0.288. The Bertz CT molecular complexity index is 708. The van der Waals surface area contributed by atoms with Gasteiger partial charge in [-0.05, 0) is 81.3 Å². The van der Waals surface area contributed by atoms with Crippen LogP contribution in [0.1, 0.15) is 61.7 Å². The Kier molecular flexibility index (Phi) is 3.69. The molecule has 2 amide bonds. The molecule has 0 spiro atoms. The van der Waals surface area contributed by atoms with Gasteiger partial charge in [-0.25, -0.2) is 4.98 Å². The van der Waals surface area contributed by atoms with Crippen LogP contribution in [-0.2, 0) is 4.79 Å². The summed E-state index contributed by atoms with van der Waals surface area (Å²) in [4.78, 5) is 29.6. The molecule has 5 fully saturated rings. The summed E-state index contributed by atoms with van der Waals surface area (Å²) in [5.41, 5.74) is 5.61. The fourth-order valence-electron chi connectivity index (χ4n) is 5.79. The molecule has 1 heterocycles. The van der Waals surface area contributed by atoms with E-state index >= 15 is 0 Å². The van der Waals surface area contributed by atoms with Crippen LogP contribution in [0.4, 0.5) is 5.82 Å². The van der Waals surface area contributed by atoms with Crippen LogP contribution >= 0.6 is 0 Å². The highest BCUT2D eigenvalue weighted by molar-refractivity contribution is 5.96. The predicted molar refractivity (Wildman–Crippen MR) is 97.1 cm³/mol. The van der Waals surface area contributed by atoms with Gasteiger partial charge in [-0.2, -0.15) is 0 Å². The Morgan fingerprint density at radius 2 is 1.65 bits per heavy atom. The molecule has 3 N–H and O–H groups in total. The standard InChI is InChI=1S/C20H26N4O2/c25-18(15-3-4-21-17(8-15)22-16-1-2-16)23-24-19(26)20-9-12-5-13(10-20)7-14(6-12)11-20/h3-4,8,12-14,16H,1-2,5-7,9-11H2,(H,21,22)(H,23,25)(H,24,26). The van der Waals surface area contributed by atoms with E-state index in [1.165, 1.54) is 19.3 Å². The molecule has 6 nitrogen and oxygen atoms in total. The molecule has 0 saturated heterocycles. The van der Waals surface area contributed by atoms with Crippen LogP contribution in [0.5, 0.6) is 0 Å². The second-order valence-corrected chi connectivity index (χ2v) is 8.95. The molecular formula is C20H26N4O2. The first-order valence-corrected chi connectivity index (χ1v) is 9.93. The zero-order valence-corrected chi connectivity index (χ0v) is 15.0. The minimum absolute atomic E-state index is 0.00957. The molecule has 5 aliphatic carbocycles. The van der Waals surface area contributed by atoms with Crippen molar-refractivity contribution in [2.24, 2.45) is 23.2 Å². The number of amides is 2. The van der Waals surface area contributed by atoms with Crippen molar-refractivity contribution in [1.29, 1.82) is 0 Å². The van der Waals surface area contributed by atoms with Gasteiger partial charge in [0.25, 0.3) is 5.91 Å². The number of rotatable bonds is 4. The molecule has 4 bridgehead atoms. The number of hydrogen-bond acceptors (Lipinski definition) is 4.